The molecule has 1 unspecified atom stereocenters. The van der Waals surface area contributed by atoms with Crippen molar-refractivity contribution in [3.63, 3.8) is 0 Å². The van der Waals surface area contributed by atoms with Crippen molar-refractivity contribution in [3.8, 4) is 0 Å². The third kappa shape index (κ3) is 4.90. The zero-order valence-electron chi connectivity index (χ0n) is 13.4. The fraction of sp³-hybridized carbons (Fsp3) is 0.625. The molecule has 0 aliphatic carbocycles. The summed E-state index contributed by atoms with van der Waals surface area (Å²) in [5.41, 5.74) is 1.08. The molecule has 7 heteroatoms. The predicted octanol–water partition coefficient (Wildman–Crippen LogP) is 0.960. The van der Waals surface area contributed by atoms with Crippen molar-refractivity contribution in [3.05, 3.63) is 35.9 Å². The number of aryl methyl sites for hydroxylation is 1. The van der Waals surface area contributed by atoms with Crippen LogP contribution in [0.4, 0.5) is 0 Å². The van der Waals surface area contributed by atoms with Crippen LogP contribution in [0.15, 0.2) is 30.3 Å². The van der Waals surface area contributed by atoms with Gasteiger partial charge in [-0.05, 0) is 24.9 Å². The third-order valence-corrected chi connectivity index (χ3v) is 6.58. The van der Waals surface area contributed by atoms with Gasteiger partial charge in [0.15, 0.2) is 0 Å². The number of rotatable bonds is 5. The van der Waals surface area contributed by atoms with Gasteiger partial charge in [-0.2, -0.15) is 4.31 Å². The molecule has 2 aliphatic rings. The molecule has 1 atom stereocenters. The van der Waals surface area contributed by atoms with Crippen LogP contribution < -0.4 is 5.32 Å². The first-order valence-corrected chi connectivity index (χ1v) is 9.72. The predicted molar refractivity (Wildman–Crippen MR) is 95.6 cm³/mol. The second-order valence-electron chi connectivity index (χ2n) is 6.13. The summed E-state index contributed by atoms with van der Waals surface area (Å²) < 4.78 is 26.6. The summed E-state index contributed by atoms with van der Waals surface area (Å²) in [5, 5.41) is 3.38. The first kappa shape index (κ1) is 18.7. The van der Waals surface area contributed by atoms with Gasteiger partial charge in [-0.25, -0.2) is 8.42 Å². The van der Waals surface area contributed by atoms with Crippen molar-refractivity contribution in [1.29, 1.82) is 0 Å². The molecule has 0 spiro atoms. The zero-order chi connectivity index (χ0) is 15.4. The van der Waals surface area contributed by atoms with E-state index in [-0.39, 0.29) is 18.2 Å². The number of nitrogens with one attached hydrogen (secondary N) is 1. The SMILES string of the molecule is Cl.O=S(=O)(CCc1ccccc1)N1CCN(C2CCNC2)CC1. The molecule has 0 bridgehead atoms. The van der Waals surface area contributed by atoms with E-state index >= 15 is 0 Å². The van der Waals surface area contributed by atoms with Crippen LogP contribution in [0.25, 0.3) is 0 Å². The van der Waals surface area contributed by atoms with Crippen LogP contribution in [-0.2, 0) is 16.4 Å². The number of hydrogen-bond donors (Lipinski definition) is 1. The highest BCUT2D eigenvalue weighted by atomic mass is 35.5. The molecule has 1 aromatic rings. The summed E-state index contributed by atoms with van der Waals surface area (Å²) in [4.78, 5) is 2.43. The molecule has 1 N–H and O–H groups in total. The summed E-state index contributed by atoms with van der Waals surface area (Å²) >= 11 is 0. The molecule has 2 aliphatic heterocycles. The summed E-state index contributed by atoms with van der Waals surface area (Å²) in [6.45, 7) is 5.11. The van der Waals surface area contributed by atoms with Gasteiger partial charge in [0.2, 0.25) is 10.0 Å². The van der Waals surface area contributed by atoms with E-state index in [0.29, 0.717) is 25.6 Å². The number of hydrogen-bond acceptors (Lipinski definition) is 4. The number of sulfonamides is 1. The van der Waals surface area contributed by atoms with Gasteiger partial charge in [-0.1, -0.05) is 30.3 Å². The van der Waals surface area contributed by atoms with Crippen molar-refractivity contribution in [2.45, 2.75) is 18.9 Å². The second kappa shape index (κ2) is 8.44. The van der Waals surface area contributed by atoms with Gasteiger partial charge in [0.1, 0.15) is 0 Å². The van der Waals surface area contributed by atoms with Gasteiger partial charge in [0.25, 0.3) is 0 Å². The molecule has 2 saturated heterocycles. The Hall–Kier alpha value is -0.660. The van der Waals surface area contributed by atoms with Crippen molar-refractivity contribution in [2.24, 2.45) is 0 Å². The molecule has 0 aromatic heterocycles. The molecular weight excluding hydrogens is 334 g/mol. The van der Waals surface area contributed by atoms with Gasteiger partial charge in [-0.3, -0.25) is 4.90 Å². The van der Waals surface area contributed by atoms with Crippen LogP contribution in [0.2, 0.25) is 0 Å². The standard InChI is InChI=1S/C16H25N3O2S.ClH/c20-22(21,13-7-15-4-2-1-3-5-15)19-11-9-18(10-12-19)16-6-8-17-14-16;/h1-5,16-17H,6-14H2;1H. The van der Waals surface area contributed by atoms with Crippen LogP contribution in [0, 0.1) is 0 Å². The van der Waals surface area contributed by atoms with E-state index in [0.717, 1.165) is 31.7 Å². The van der Waals surface area contributed by atoms with Gasteiger partial charge in [0, 0.05) is 38.8 Å². The maximum Gasteiger partial charge on any atom is 0.214 e. The average molecular weight is 360 g/mol. The van der Waals surface area contributed by atoms with E-state index < -0.39 is 10.0 Å². The molecule has 130 valence electrons. The van der Waals surface area contributed by atoms with Gasteiger partial charge in [-0.15, -0.1) is 12.4 Å². The minimum absolute atomic E-state index is 0. The van der Waals surface area contributed by atoms with E-state index in [9.17, 15) is 8.42 Å². The topological polar surface area (TPSA) is 52.7 Å². The largest absolute Gasteiger partial charge is 0.315 e. The molecule has 0 amide bonds. The van der Waals surface area contributed by atoms with Crippen molar-refractivity contribution in [1.82, 2.24) is 14.5 Å². The molecule has 3 rings (SSSR count). The van der Waals surface area contributed by atoms with E-state index in [1.807, 2.05) is 30.3 Å². The normalized spacial score (nSPS) is 23.6. The van der Waals surface area contributed by atoms with Crippen molar-refractivity contribution < 1.29 is 8.42 Å². The molecule has 0 saturated carbocycles. The van der Waals surface area contributed by atoms with E-state index in [4.69, 9.17) is 0 Å². The number of benzene rings is 1. The maximum atomic E-state index is 12.5. The summed E-state index contributed by atoms with van der Waals surface area (Å²) in [6, 6.07) is 10.4. The smallest absolute Gasteiger partial charge is 0.214 e. The van der Waals surface area contributed by atoms with Crippen LogP contribution in [-0.4, -0.2) is 68.7 Å². The quantitative estimate of drug-likeness (QED) is 0.850. The van der Waals surface area contributed by atoms with Gasteiger partial charge >= 0.3 is 0 Å². The Morgan fingerprint density at radius 2 is 1.78 bits per heavy atom. The second-order valence-corrected chi connectivity index (χ2v) is 8.22. The Labute approximate surface area is 145 Å². The first-order valence-electron chi connectivity index (χ1n) is 8.12. The fourth-order valence-electron chi connectivity index (χ4n) is 3.32. The lowest BCUT2D eigenvalue weighted by Crippen LogP contribution is -2.52. The minimum atomic E-state index is -3.14. The van der Waals surface area contributed by atoms with Gasteiger partial charge in [0.05, 0.1) is 5.75 Å². The third-order valence-electron chi connectivity index (χ3n) is 4.71. The number of halogens is 1. The van der Waals surface area contributed by atoms with Crippen LogP contribution in [0.5, 0.6) is 0 Å². The molecule has 0 radical (unpaired) electrons. The highest BCUT2D eigenvalue weighted by molar-refractivity contribution is 7.89. The lowest BCUT2D eigenvalue weighted by Gasteiger charge is -2.37. The first-order chi connectivity index (χ1) is 10.6. The van der Waals surface area contributed by atoms with Gasteiger partial charge < -0.3 is 5.32 Å². The Balaban J connectivity index is 0.00000192. The van der Waals surface area contributed by atoms with E-state index in [1.54, 1.807) is 4.31 Å². The summed E-state index contributed by atoms with van der Waals surface area (Å²) in [7, 11) is -3.14. The lowest BCUT2D eigenvalue weighted by atomic mass is 10.2. The van der Waals surface area contributed by atoms with Crippen LogP contribution in [0.3, 0.4) is 0 Å². The highest BCUT2D eigenvalue weighted by Gasteiger charge is 2.30. The highest BCUT2D eigenvalue weighted by Crippen LogP contribution is 2.15. The summed E-state index contributed by atoms with van der Waals surface area (Å²) in [6.07, 6.45) is 1.77. The van der Waals surface area contributed by atoms with Crippen molar-refractivity contribution >= 4 is 22.4 Å². The summed E-state index contributed by atoms with van der Waals surface area (Å²) in [5.74, 6) is 0.210. The van der Waals surface area contributed by atoms with E-state index in [1.165, 1.54) is 6.42 Å². The van der Waals surface area contributed by atoms with E-state index in [2.05, 4.69) is 10.2 Å². The molecule has 23 heavy (non-hydrogen) atoms. The Morgan fingerprint density at radius 3 is 2.39 bits per heavy atom. The number of nitrogens with zero attached hydrogens (tertiary/aromatic N) is 2. The Bertz CT molecular complexity index is 568. The molecule has 5 nitrogen and oxygen atoms in total. The lowest BCUT2D eigenvalue weighted by molar-refractivity contribution is 0.145. The minimum Gasteiger partial charge on any atom is -0.315 e. The molecule has 2 fully saturated rings. The van der Waals surface area contributed by atoms with Crippen molar-refractivity contribution in [2.75, 3.05) is 45.0 Å². The molecule has 2 heterocycles. The number of piperazine rings is 1. The molecular formula is C16H26ClN3O2S. The Kier molecular flexibility index (Phi) is 6.85. The maximum absolute atomic E-state index is 12.5. The molecule has 1 aromatic carbocycles. The van der Waals surface area contributed by atoms with Crippen LogP contribution in [0.1, 0.15) is 12.0 Å². The zero-order valence-corrected chi connectivity index (χ0v) is 15.0. The monoisotopic (exact) mass is 359 g/mol. The Morgan fingerprint density at radius 1 is 1.09 bits per heavy atom. The van der Waals surface area contributed by atoms with Crippen LogP contribution >= 0.6 is 12.4 Å². The average Bonchev–Trinajstić information content (AvgIpc) is 3.09. The fourth-order valence-corrected chi connectivity index (χ4v) is 4.79.